The van der Waals surface area contributed by atoms with Crippen molar-refractivity contribution in [2.24, 2.45) is 0 Å². The van der Waals surface area contributed by atoms with Gasteiger partial charge in [-0.15, -0.1) is 0 Å². The van der Waals surface area contributed by atoms with Crippen LogP contribution in [0, 0.1) is 6.92 Å². The minimum atomic E-state index is -3.64. The Kier molecular flexibility index (Phi) is 5.24. The molecule has 1 aliphatic heterocycles. The second kappa shape index (κ2) is 6.79. The maximum Gasteiger partial charge on any atom is 0.241 e. The molecule has 1 N–H and O–H groups in total. The van der Waals surface area contributed by atoms with Crippen LogP contribution in [-0.2, 0) is 14.8 Å². The smallest absolute Gasteiger partial charge is 0.241 e. The summed E-state index contributed by atoms with van der Waals surface area (Å²) in [4.78, 5) is 14.3. The van der Waals surface area contributed by atoms with E-state index in [4.69, 9.17) is 0 Å². The van der Waals surface area contributed by atoms with E-state index in [9.17, 15) is 13.2 Å². The molecular weight excluding hydrogens is 300 g/mol. The van der Waals surface area contributed by atoms with E-state index in [0.717, 1.165) is 24.8 Å². The Morgan fingerprint density at radius 1 is 1.18 bits per heavy atom. The average Bonchev–Trinajstić information content (AvgIpc) is 2.45. The molecule has 22 heavy (non-hydrogen) atoms. The van der Waals surface area contributed by atoms with Crippen molar-refractivity contribution in [3.05, 3.63) is 29.8 Å². The summed E-state index contributed by atoms with van der Waals surface area (Å²) in [5.74, 6) is -0.157. The average molecular weight is 324 g/mol. The van der Waals surface area contributed by atoms with Crippen molar-refractivity contribution in [1.82, 2.24) is 9.62 Å². The fraction of sp³-hybridized carbons (Fsp3) is 0.562. The fourth-order valence-electron chi connectivity index (χ4n) is 2.96. The Hall–Kier alpha value is -1.40. The van der Waals surface area contributed by atoms with Crippen LogP contribution in [0.4, 0.5) is 0 Å². The molecule has 0 spiro atoms. The molecular formula is C16H24N2O3S. The molecule has 0 radical (unpaired) electrons. The third kappa shape index (κ3) is 3.87. The van der Waals surface area contributed by atoms with Crippen molar-refractivity contribution in [3.8, 4) is 0 Å². The van der Waals surface area contributed by atoms with E-state index >= 15 is 0 Å². The molecule has 1 saturated heterocycles. The van der Waals surface area contributed by atoms with Gasteiger partial charge in [-0.1, -0.05) is 17.7 Å². The lowest BCUT2D eigenvalue weighted by molar-refractivity contribution is -0.135. The van der Waals surface area contributed by atoms with Gasteiger partial charge in [-0.3, -0.25) is 4.79 Å². The van der Waals surface area contributed by atoms with Gasteiger partial charge >= 0.3 is 0 Å². The van der Waals surface area contributed by atoms with E-state index < -0.39 is 10.0 Å². The SMILES string of the molecule is Cc1ccc(S(=O)(=O)NCC(=O)N2[C@@H](C)CCC[C@@H]2C)cc1. The first-order valence-corrected chi connectivity index (χ1v) is 9.17. The molecule has 0 saturated carbocycles. The first-order chi connectivity index (χ1) is 10.3. The van der Waals surface area contributed by atoms with Crippen molar-refractivity contribution in [2.45, 2.75) is 57.0 Å². The second-order valence-electron chi connectivity index (χ2n) is 6.07. The number of carbonyl (C=O) groups is 1. The molecule has 1 aromatic rings. The normalized spacial score (nSPS) is 22.6. The van der Waals surface area contributed by atoms with Gasteiger partial charge in [0.1, 0.15) is 0 Å². The molecule has 0 aromatic heterocycles. The van der Waals surface area contributed by atoms with E-state index in [2.05, 4.69) is 4.72 Å². The monoisotopic (exact) mass is 324 g/mol. The van der Waals surface area contributed by atoms with Gasteiger partial charge in [-0.2, -0.15) is 0 Å². The first-order valence-electron chi connectivity index (χ1n) is 7.69. The number of benzene rings is 1. The highest BCUT2D eigenvalue weighted by Gasteiger charge is 2.29. The fourth-order valence-corrected chi connectivity index (χ4v) is 3.94. The van der Waals surface area contributed by atoms with E-state index in [1.54, 1.807) is 29.2 Å². The van der Waals surface area contributed by atoms with E-state index in [-0.39, 0.29) is 29.4 Å². The van der Waals surface area contributed by atoms with E-state index in [0.29, 0.717) is 0 Å². The maximum absolute atomic E-state index is 12.4. The Morgan fingerprint density at radius 2 is 1.73 bits per heavy atom. The van der Waals surface area contributed by atoms with Gasteiger partial charge in [0.2, 0.25) is 15.9 Å². The zero-order valence-corrected chi connectivity index (χ0v) is 14.2. The third-order valence-corrected chi connectivity index (χ3v) is 5.64. The number of amides is 1. The summed E-state index contributed by atoms with van der Waals surface area (Å²) in [7, 11) is -3.64. The molecule has 1 fully saturated rings. The largest absolute Gasteiger partial charge is 0.336 e. The quantitative estimate of drug-likeness (QED) is 0.922. The highest BCUT2D eigenvalue weighted by atomic mass is 32.2. The number of piperidine rings is 1. The van der Waals surface area contributed by atoms with Gasteiger partial charge in [-0.05, 0) is 52.2 Å². The number of nitrogens with zero attached hydrogens (tertiary/aromatic N) is 1. The van der Waals surface area contributed by atoms with Gasteiger partial charge < -0.3 is 4.90 Å². The number of hydrogen-bond donors (Lipinski definition) is 1. The van der Waals surface area contributed by atoms with Crippen LogP contribution in [0.25, 0.3) is 0 Å². The predicted octanol–water partition coefficient (Wildman–Crippen LogP) is 2.06. The molecule has 0 bridgehead atoms. The molecule has 122 valence electrons. The van der Waals surface area contributed by atoms with Crippen LogP contribution in [0.1, 0.15) is 38.7 Å². The van der Waals surface area contributed by atoms with Crippen LogP contribution in [0.5, 0.6) is 0 Å². The lowest BCUT2D eigenvalue weighted by Gasteiger charge is -2.39. The highest BCUT2D eigenvalue weighted by molar-refractivity contribution is 7.89. The zero-order chi connectivity index (χ0) is 16.3. The van der Waals surface area contributed by atoms with Crippen molar-refractivity contribution in [1.29, 1.82) is 0 Å². The molecule has 1 aromatic carbocycles. The topological polar surface area (TPSA) is 66.5 Å². The first kappa shape index (κ1) is 17.0. The Morgan fingerprint density at radius 3 is 2.27 bits per heavy atom. The van der Waals surface area contributed by atoms with Crippen LogP contribution < -0.4 is 4.72 Å². The van der Waals surface area contributed by atoms with Crippen molar-refractivity contribution in [3.63, 3.8) is 0 Å². The predicted molar refractivity (Wildman–Crippen MR) is 86.0 cm³/mol. The van der Waals surface area contributed by atoms with E-state index in [1.165, 1.54) is 0 Å². The summed E-state index contributed by atoms with van der Waals surface area (Å²) in [5, 5.41) is 0. The second-order valence-corrected chi connectivity index (χ2v) is 7.83. The molecule has 1 heterocycles. The molecule has 6 heteroatoms. The summed E-state index contributed by atoms with van der Waals surface area (Å²) in [6.07, 6.45) is 3.06. The Labute approximate surface area is 132 Å². The Balaban J connectivity index is 2.02. The number of carbonyl (C=O) groups excluding carboxylic acids is 1. The van der Waals surface area contributed by atoms with Crippen LogP contribution in [0.3, 0.4) is 0 Å². The van der Waals surface area contributed by atoms with Gasteiger partial charge in [0.15, 0.2) is 0 Å². The van der Waals surface area contributed by atoms with Crippen molar-refractivity contribution in [2.75, 3.05) is 6.54 Å². The van der Waals surface area contributed by atoms with Crippen LogP contribution in [0.2, 0.25) is 0 Å². The zero-order valence-electron chi connectivity index (χ0n) is 13.4. The summed E-state index contributed by atoms with van der Waals surface area (Å²) in [6, 6.07) is 6.92. The molecule has 0 aliphatic carbocycles. The molecule has 1 aliphatic rings. The lowest BCUT2D eigenvalue weighted by atomic mass is 9.97. The molecule has 0 unspecified atom stereocenters. The van der Waals surface area contributed by atoms with Crippen LogP contribution in [0.15, 0.2) is 29.2 Å². The van der Waals surface area contributed by atoms with Crippen molar-refractivity contribution >= 4 is 15.9 Å². The number of likely N-dealkylation sites (tertiary alicyclic amines) is 1. The molecule has 1 amide bonds. The lowest BCUT2D eigenvalue weighted by Crippen LogP contribution is -2.51. The van der Waals surface area contributed by atoms with Crippen LogP contribution in [-0.4, -0.2) is 37.9 Å². The van der Waals surface area contributed by atoms with E-state index in [1.807, 2.05) is 20.8 Å². The summed E-state index contributed by atoms with van der Waals surface area (Å²) >= 11 is 0. The number of sulfonamides is 1. The van der Waals surface area contributed by atoms with Gasteiger partial charge in [0.05, 0.1) is 11.4 Å². The number of aryl methyl sites for hydroxylation is 1. The third-order valence-electron chi connectivity index (χ3n) is 4.23. The van der Waals surface area contributed by atoms with Gasteiger partial charge in [-0.25, -0.2) is 13.1 Å². The van der Waals surface area contributed by atoms with Crippen LogP contribution >= 0.6 is 0 Å². The Bertz CT molecular complexity index is 615. The van der Waals surface area contributed by atoms with Crippen molar-refractivity contribution < 1.29 is 13.2 Å². The summed E-state index contributed by atoms with van der Waals surface area (Å²) < 4.78 is 26.8. The minimum Gasteiger partial charge on any atom is -0.336 e. The highest BCUT2D eigenvalue weighted by Crippen LogP contribution is 2.22. The molecule has 2 atom stereocenters. The maximum atomic E-state index is 12.4. The summed E-state index contributed by atoms with van der Waals surface area (Å²) in [6.45, 7) is 5.74. The number of hydrogen-bond acceptors (Lipinski definition) is 3. The number of nitrogens with one attached hydrogen (secondary N) is 1. The minimum absolute atomic E-state index is 0.157. The van der Waals surface area contributed by atoms with Gasteiger partial charge in [0.25, 0.3) is 0 Å². The standard InChI is InChI=1S/C16H24N2O3S/c1-12-7-9-15(10-8-12)22(20,21)17-11-16(19)18-13(2)5-4-6-14(18)3/h7-10,13-14,17H,4-6,11H2,1-3H3/t13-,14-/m0/s1. The van der Waals surface area contributed by atoms with Gasteiger partial charge in [0, 0.05) is 12.1 Å². The number of rotatable bonds is 4. The summed E-state index contributed by atoms with van der Waals surface area (Å²) in [5.41, 5.74) is 0.992. The molecule has 2 rings (SSSR count). The molecule has 5 nitrogen and oxygen atoms in total.